The summed E-state index contributed by atoms with van der Waals surface area (Å²) in [5.74, 6) is 0. The van der Waals surface area contributed by atoms with E-state index < -0.39 is 15.6 Å². The highest BCUT2D eigenvalue weighted by molar-refractivity contribution is 7.92. The molecule has 2 N–H and O–H groups in total. The predicted octanol–water partition coefficient (Wildman–Crippen LogP) is 0.900. The number of anilines is 1. The number of nitrogens with one attached hydrogen (secondary N) is 2. The van der Waals surface area contributed by atoms with Crippen LogP contribution in [0.25, 0.3) is 10.9 Å². The first kappa shape index (κ1) is 10.7. The number of sulfonamides is 1. The summed E-state index contributed by atoms with van der Waals surface area (Å²) in [6.45, 7) is 0. The van der Waals surface area contributed by atoms with E-state index in [4.69, 9.17) is 0 Å². The van der Waals surface area contributed by atoms with E-state index in [0.717, 1.165) is 11.6 Å². The van der Waals surface area contributed by atoms with Gasteiger partial charge in [-0.2, -0.15) is 0 Å². The fourth-order valence-corrected chi connectivity index (χ4v) is 1.97. The number of fused-ring (bicyclic) bond motifs is 1. The Hall–Kier alpha value is -1.82. The molecule has 2 rings (SSSR count). The zero-order chi connectivity index (χ0) is 11.8. The van der Waals surface area contributed by atoms with E-state index in [1.54, 1.807) is 18.2 Å². The Kier molecular flexibility index (Phi) is 2.43. The second kappa shape index (κ2) is 3.64. The van der Waals surface area contributed by atoms with Crippen LogP contribution < -0.4 is 10.3 Å². The van der Waals surface area contributed by atoms with Crippen LogP contribution in [0.1, 0.15) is 0 Å². The molecule has 5 nitrogen and oxygen atoms in total. The molecule has 0 unspecified atom stereocenters. The van der Waals surface area contributed by atoms with Crippen molar-refractivity contribution in [2.45, 2.75) is 0 Å². The summed E-state index contributed by atoms with van der Waals surface area (Å²) in [4.78, 5) is 14.1. The van der Waals surface area contributed by atoms with Crippen LogP contribution in [0, 0.1) is 0 Å². The van der Waals surface area contributed by atoms with Crippen LogP contribution in [0.5, 0.6) is 0 Å². The molecular formula is C10H10N2O3S. The van der Waals surface area contributed by atoms with Crippen LogP contribution in [0.4, 0.5) is 5.69 Å². The Morgan fingerprint density at radius 3 is 2.62 bits per heavy atom. The first-order valence-corrected chi connectivity index (χ1v) is 6.45. The highest BCUT2D eigenvalue weighted by Crippen LogP contribution is 2.13. The molecule has 6 heteroatoms. The van der Waals surface area contributed by atoms with Crippen molar-refractivity contribution in [1.82, 2.24) is 4.98 Å². The van der Waals surface area contributed by atoms with E-state index in [0.29, 0.717) is 5.52 Å². The number of hydrogen-bond donors (Lipinski definition) is 2. The first-order valence-electron chi connectivity index (χ1n) is 4.55. The van der Waals surface area contributed by atoms with Gasteiger partial charge in [0.1, 0.15) is 5.69 Å². The maximum absolute atomic E-state index is 11.5. The second-order valence-electron chi connectivity index (χ2n) is 3.47. The lowest BCUT2D eigenvalue weighted by Gasteiger charge is -2.04. The fourth-order valence-electron chi connectivity index (χ4n) is 1.42. The Labute approximate surface area is 92.2 Å². The van der Waals surface area contributed by atoms with Crippen molar-refractivity contribution >= 4 is 26.6 Å². The van der Waals surface area contributed by atoms with Crippen molar-refractivity contribution in [1.29, 1.82) is 0 Å². The molecule has 0 saturated heterocycles. The Morgan fingerprint density at radius 1 is 1.25 bits per heavy atom. The van der Waals surface area contributed by atoms with Gasteiger partial charge in [-0.25, -0.2) is 8.42 Å². The van der Waals surface area contributed by atoms with Gasteiger partial charge in [-0.05, 0) is 12.1 Å². The van der Waals surface area contributed by atoms with Crippen LogP contribution in [-0.2, 0) is 10.0 Å². The third-order valence-corrected chi connectivity index (χ3v) is 2.64. The summed E-state index contributed by atoms with van der Waals surface area (Å²) in [5, 5.41) is 0.772. The number of rotatable bonds is 2. The standard InChI is InChI=1S/C10H10N2O3S/c1-16(14,15)12-9-6-7-4-2-3-5-8(7)11-10(9)13/h2-6,12H,1H3,(H,11,13). The van der Waals surface area contributed by atoms with Crippen molar-refractivity contribution in [3.05, 3.63) is 40.7 Å². The molecule has 84 valence electrons. The third-order valence-electron chi connectivity index (χ3n) is 2.05. The highest BCUT2D eigenvalue weighted by atomic mass is 32.2. The van der Waals surface area contributed by atoms with Gasteiger partial charge in [0.25, 0.3) is 5.56 Å². The van der Waals surface area contributed by atoms with Crippen LogP contribution in [0.15, 0.2) is 35.1 Å². The summed E-state index contributed by atoms with van der Waals surface area (Å²) in [6.07, 6.45) is 1.00. The van der Waals surface area contributed by atoms with E-state index in [1.165, 1.54) is 6.07 Å². The molecule has 0 bridgehead atoms. The van der Waals surface area contributed by atoms with Crippen LogP contribution >= 0.6 is 0 Å². The maximum Gasteiger partial charge on any atom is 0.272 e. The van der Waals surface area contributed by atoms with Gasteiger partial charge in [0.2, 0.25) is 10.0 Å². The van der Waals surface area contributed by atoms with E-state index in [-0.39, 0.29) is 5.69 Å². The summed E-state index contributed by atoms with van der Waals surface area (Å²) < 4.78 is 24.2. The number of H-pyrrole nitrogens is 1. The molecule has 0 amide bonds. The second-order valence-corrected chi connectivity index (χ2v) is 5.22. The molecule has 0 saturated carbocycles. The van der Waals surface area contributed by atoms with Crippen LogP contribution in [0.3, 0.4) is 0 Å². The van der Waals surface area contributed by atoms with Crippen molar-refractivity contribution in [2.75, 3.05) is 11.0 Å². The Morgan fingerprint density at radius 2 is 1.94 bits per heavy atom. The quantitative estimate of drug-likeness (QED) is 0.815. The molecule has 0 fully saturated rings. The van der Waals surface area contributed by atoms with Gasteiger partial charge in [-0.1, -0.05) is 18.2 Å². The van der Waals surface area contributed by atoms with Gasteiger partial charge in [-0.3, -0.25) is 9.52 Å². The molecule has 2 aromatic rings. The van der Waals surface area contributed by atoms with E-state index in [9.17, 15) is 13.2 Å². The average Bonchev–Trinajstić information content (AvgIpc) is 2.17. The number of aromatic nitrogens is 1. The van der Waals surface area contributed by atoms with Crippen molar-refractivity contribution in [3.63, 3.8) is 0 Å². The van der Waals surface area contributed by atoms with Crippen molar-refractivity contribution in [3.8, 4) is 0 Å². The zero-order valence-electron chi connectivity index (χ0n) is 8.52. The molecule has 0 radical (unpaired) electrons. The van der Waals surface area contributed by atoms with Gasteiger partial charge in [0, 0.05) is 10.9 Å². The summed E-state index contributed by atoms with van der Waals surface area (Å²) in [5.41, 5.74) is 0.247. The third kappa shape index (κ3) is 2.22. The first-order chi connectivity index (χ1) is 7.46. The average molecular weight is 238 g/mol. The Balaban J connectivity index is 2.63. The van der Waals surface area contributed by atoms with E-state index in [2.05, 4.69) is 9.71 Å². The summed E-state index contributed by atoms with van der Waals surface area (Å²) in [7, 11) is -3.44. The topological polar surface area (TPSA) is 79.0 Å². The smallest absolute Gasteiger partial charge is 0.272 e. The van der Waals surface area contributed by atoms with Gasteiger partial charge in [-0.15, -0.1) is 0 Å². The van der Waals surface area contributed by atoms with E-state index in [1.807, 2.05) is 6.07 Å². The fraction of sp³-hybridized carbons (Fsp3) is 0.100. The molecule has 0 aliphatic carbocycles. The molecule has 1 aromatic carbocycles. The van der Waals surface area contributed by atoms with Gasteiger partial charge >= 0.3 is 0 Å². The molecule has 1 heterocycles. The van der Waals surface area contributed by atoms with Crippen LogP contribution in [-0.4, -0.2) is 19.7 Å². The van der Waals surface area contributed by atoms with Crippen LogP contribution in [0.2, 0.25) is 0 Å². The minimum atomic E-state index is -3.44. The minimum absolute atomic E-state index is 0.0289. The minimum Gasteiger partial charge on any atom is -0.320 e. The van der Waals surface area contributed by atoms with Crippen molar-refractivity contribution < 1.29 is 8.42 Å². The molecule has 0 aliphatic rings. The molecule has 0 atom stereocenters. The lowest BCUT2D eigenvalue weighted by atomic mass is 10.2. The number of hydrogen-bond acceptors (Lipinski definition) is 3. The number of pyridine rings is 1. The number of aromatic amines is 1. The molecule has 0 spiro atoms. The zero-order valence-corrected chi connectivity index (χ0v) is 9.34. The summed E-state index contributed by atoms with van der Waals surface area (Å²) in [6, 6.07) is 8.65. The number of benzene rings is 1. The van der Waals surface area contributed by atoms with Crippen molar-refractivity contribution in [2.24, 2.45) is 0 Å². The lowest BCUT2D eigenvalue weighted by Crippen LogP contribution is -2.18. The summed E-state index contributed by atoms with van der Waals surface area (Å²) >= 11 is 0. The molecule has 0 aliphatic heterocycles. The van der Waals surface area contributed by atoms with E-state index >= 15 is 0 Å². The van der Waals surface area contributed by atoms with Gasteiger partial charge in [0.05, 0.1) is 6.26 Å². The monoisotopic (exact) mass is 238 g/mol. The molecule has 1 aromatic heterocycles. The lowest BCUT2D eigenvalue weighted by molar-refractivity contribution is 0.606. The predicted molar refractivity (Wildman–Crippen MR) is 63.0 cm³/mol. The highest BCUT2D eigenvalue weighted by Gasteiger charge is 2.06. The number of para-hydroxylation sites is 1. The van der Waals surface area contributed by atoms with Gasteiger partial charge in [0.15, 0.2) is 0 Å². The maximum atomic E-state index is 11.5. The molecule has 16 heavy (non-hydrogen) atoms. The Bertz CT molecular complexity index is 689. The van der Waals surface area contributed by atoms with Gasteiger partial charge < -0.3 is 4.98 Å². The normalized spacial score (nSPS) is 11.6. The SMILES string of the molecule is CS(=O)(=O)Nc1cc2ccccc2[nH]c1=O. The largest absolute Gasteiger partial charge is 0.320 e. The molecular weight excluding hydrogens is 228 g/mol.